The van der Waals surface area contributed by atoms with Crippen LogP contribution in [0.2, 0.25) is 0 Å². The first kappa shape index (κ1) is 14.9. The fraction of sp³-hybridized carbons (Fsp3) is 0.462. The molecule has 0 radical (unpaired) electrons. The number of aromatic carboxylic acids is 1. The van der Waals surface area contributed by atoms with Gasteiger partial charge in [0.05, 0.1) is 17.4 Å². The van der Waals surface area contributed by atoms with Gasteiger partial charge in [0.2, 0.25) is 0 Å². The Hall–Kier alpha value is -2.11. The van der Waals surface area contributed by atoms with Gasteiger partial charge in [-0.25, -0.2) is 9.59 Å². The van der Waals surface area contributed by atoms with E-state index in [9.17, 15) is 9.59 Å². The zero-order valence-electron chi connectivity index (χ0n) is 11.3. The first-order chi connectivity index (χ1) is 8.90. The number of carbonyl (C=O) groups is 2. The zero-order valence-corrected chi connectivity index (χ0v) is 11.3. The van der Waals surface area contributed by atoms with E-state index in [0.29, 0.717) is 24.1 Å². The summed E-state index contributed by atoms with van der Waals surface area (Å²) in [5, 5.41) is 14.1. The van der Waals surface area contributed by atoms with Crippen molar-refractivity contribution in [3.63, 3.8) is 0 Å². The summed E-state index contributed by atoms with van der Waals surface area (Å²) in [5.41, 5.74) is 0.392. The van der Waals surface area contributed by atoms with Crippen LogP contribution in [0.5, 0.6) is 0 Å². The van der Waals surface area contributed by atoms with Crippen molar-refractivity contribution in [1.82, 2.24) is 10.3 Å². The molecule has 1 rings (SSSR count). The van der Waals surface area contributed by atoms with Crippen LogP contribution in [0.4, 0.5) is 10.5 Å². The van der Waals surface area contributed by atoms with E-state index in [0.717, 1.165) is 0 Å². The van der Waals surface area contributed by atoms with E-state index in [2.05, 4.69) is 36.4 Å². The summed E-state index contributed by atoms with van der Waals surface area (Å²) in [7, 11) is 0. The molecular weight excluding hydrogens is 246 g/mol. The highest BCUT2D eigenvalue weighted by atomic mass is 16.4. The number of carbonyl (C=O) groups excluding carboxylic acids is 1. The quantitative estimate of drug-likeness (QED) is 0.761. The third-order valence-corrected chi connectivity index (χ3v) is 2.97. The molecule has 1 atom stereocenters. The SMILES string of the molecule is CC(C)C(C)CNC(=O)Nc1cncc(C(=O)O)c1. The summed E-state index contributed by atoms with van der Waals surface area (Å²) in [6, 6.07) is 0.998. The molecule has 0 aliphatic heterocycles. The van der Waals surface area contributed by atoms with Gasteiger partial charge in [0.1, 0.15) is 0 Å². The molecular formula is C13H19N3O3. The smallest absolute Gasteiger partial charge is 0.337 e. The Labute approximate surface area is 112 Å². The standard InChI is InChI=1S/C13H19N3O3/c1-8(2)9(3)5-15-13(19)16-11-4-10(12(17)18)6-14-7-11/h4,6-9H,5H2,1-3H3,(H,17,18)(H2,15,16,19). The summed E-state index contributed by atoms with van der Waals surface area (Å²) in [6.07, 6.45) is 2.63. The lowest BCUT2D eigenvalue weighted by Gasteiger charge is -2.16. The molecule has 6 nitrogen and oxygen atoms in total. The van der Waals surface area contributed by atoms with E-state index >= 15 is 0 Å². The number of urea groups is 1. The molecule has 0 aliphatic carbocycles. The Morgan fingerprint density at radius 3 is 2.58 bits per heavy atom. The summed E-state index contributed by atoms with van der Waals surface area (Å²) in [6.45, 7) is 6.79. The number of carboxylic acid groups (broad SMARTS) is 1. The zero-order chi connectivity index (χ0) is 14.4. The van der Waals surface area contributed by atoms with Gasteiger partial charge in [-0.05, 0) is 17.9 Å². The molecule has 0 fully saturated rings. The average molecular weight is 265 g/mol. The molecule has 0 saturated heterocycles. The summed E-state index contributed by atoms with van der Waals surface area (Å²) >= 11 is 0. The average Bonchev–Trinajstić information content (AvgIpc) is 2.36. The van der Waals surface area contributed by atoms with Crippen molar-refractivity contribution in [3.8, 4) is 0 Å². The Balaban J connectivity index is 2.53. The Bertz CT molecular complexity index is 460. The molecule has 1 aromatic rings. The van der Waals surface area contributed by atoms with Gasteiger partial charge in [0.25, 0.3) is 0 Å². The van der Waals surface area contributed by atoms with E-state index in [1.165, 1.54) is 18.5 Å². The number of hydrogen-bond donors (Lipinski definition) is 3. The van der Waals surface area contributed by atoms with E-state index in [4.69, 9.17) is 5.11 Å². The maximum atomic E-state index is 11.6. The number of carboxylic acids is 1. The van der Waals surface area contributed by atoms with Crippen LogP contribution in [-0.2, 0) is 0 Å². The highest BCUT2D eigenvalue weighted by Gasteiger charge is 2.10. The molecule has 1 aromatic heterocycles. The monoisotopic (exact) mass is 265 g/mol. The molecule has 104 valence electrons. The van der Waals surface area contributed by atoms with Gasteiger partial charge in [0.15, 0.2) is 0 Å². The van der Waals surface area contributed by atoms with Gasteiger partial charge < -0.3 is 15.7 Å². The number of nitrogens with one attached hydrogen (secondary N) is 2. The maximum Gasteiger partial charge on any atom is 0.337 e. The van der Waals surface area contributed by atoms with E-state index in [1.807, 2.05) is 0 Å². The predicted molar refractivity (Wildman–Crippen MR) is 72.2 cm³/mol. The van der Waals surface area contributed by atoms with Crippen LogP contribution in [0.1, 0.15) is 31.1 Å². The third-order valence-electron chi connectivity index (χ3n) is 2.97. The fourth-order valence-electron chi connectivity index (χ4n) is 1.29. The minimum atomic E-state index is -1.08. The van der Waals surface area contributed by atoms with E-state index in [-0.39, 0.29) is 11.6 Å². The molecule has 1 heterocycles. The van der Waals surface area contributed by atoms with Crippen molar-refractivity contribution in [2.24, 2.45) is 11.8 Å². The molecule has 19 heavy (non-hydrogen) atoms. The van der Waals surface area contributed by atoms with Gasteiger partial charge in [-0.1, -0.05) is 20.8 Å². The summed E-state index contributed by atoms with van der Waals surface area (Å²) in [5.74, 6) is -0.225. The van der Waals surface area contributed by atoms with Gasteiger partial charge in [0, 0.05) is 12.7 Å². The van der Waals surface area contributed by atoms with Crippen LogP contribution in [-0.4, -0.2) is 28.6 Å². The molecule has 0 spiro atoms. The predicted octanol–water partition coefficient (Wildman–Crippen LogP) is 2.19. The molecule has 0 aromatic carbocycles. The molecule has 6 heteroatoms. The summed E-state index contributed by atoms with van der Waals surface area (Å²) < 4.78 is 0. The van der Waals surface area contributed by atoms with Gasteiger partial charge in [-0.15, -0.1) is 0 Å². The number of aromatic nitrogens is 1. The van der Waals surface area contributed by atoms with Crippen molar-refractivity contribution in [2.45, 2.75) is 20.8 Å². The highest BCUT2D eigenvalue weighted by molar-refractivity contribution is 5.92. The number of hydrogen-bond acceptors (Lipinski definition) is 3. The van der Waals surface area contributed by atoms with Gasteiger partial charge in [-0.2, -0.15) is 0 Å². The minimum Gasteiger partial charge on any atom is -0.478 e. The maximum absolute atomic E-state index is 11.6. The van der Waals surface area contributed by atoms with Gasteiger partial charge in [-0.3, -0.25) is 4.98 Å². The lowest BCUT2D eigenvalue weighted by Crippen LogP contribution is -2.33. The van der Waals surface area contributed by atoms with Crippen LogP contribution in [0, 0.1) is 11.8 Å². The number of pyridine rings is 1. The lowest BCUT2D eigenvalue weighted by molar-refractivity contribution is 0.0696. The molecule has 3 N–H and O–H groups in total. The van der Waals surface area contributed by atoms with E-state index in [1.54, 1.807) is 0 Å². The molecule has 0 aliphatic rings. The van der Waals surface area contributed by atoms with Crippen LogP contribution < -0.4 is 10.6 Å². The Kier molecular flexibility index (Phi) is 5.29. The molecule has 0 saturated carbocycles. The topological polar surface area (TPSA) is 91.3 Å². The number of nitrogens with zero attached hydrogens (tertiary/aromatic N) is 1. The number of rotatable bonds is 5. The second-order valence-corrected chi connectivity index (χ2v) is 4.82. The van der Waals surface area contributed by atoms with Crippen molar-refractivity contribution >= 4 is 17.7 Å². The second kappa shape index (κ2) is 6.72. The minimum absolute atomic E-state index is 0.0355. The highest BCUT2D eigenvalue weighted by Crippen LogP contribution is 2.09. The Morgan fingerprint density at radius 1 is 1.32 bits per heavy atom. The normalized spacial score (nSPS) is 12.0. The van der Waals surface area contributed by atoms with Crippen LogP contribution in [0.15, 0.2) is 18.5 Å². The van der Waals surface area contributed by atoms with E-state index < -0.39 is 5.97 Å². The molecule has 0 bridgehead atoms. The number of amides is 2. The lowest BCUT2D eigenvalue weighted by atomic mass is 9.98. The largest absolute Gasteiger partial charge is 0.478 e. The van der Waals surface area contributed by atoms with Crippen LogP contribution in [0.25, 0.3) is 0 Å². The second-order valence-electron chi connectivity index (χ2n) is 4.82. The van der Waals surface area contributed by atoms with Crippen molar-refractivity contribution in [3.05, 3.63) is 24.0 Å². The van der Waals surface area contributed by atoms with Crippen molar-refractivity contribution in [1.29, 1.82) is 0 Å². The van der Waals surface area contributed by atoms with Crippen molar-refractivity contribution in [2.75, 3.05) is 11.9 Å². The first-order valence-corrected chi connectivity index (χ1v) is 6.13. The molecule has 1 unspecified atom stereocenters. The summed E-state index contributed by atoms with van der Waals surface area (Å²) in [4.78, 5) is 26.1. The van der Waals surface area contributed by atoms with Crippen LogP contribution >= 0.6 is 0 Å². The van der Waals surface area contributed by atoms with Crippen molar-refractivity contribution < 1.29 is 14.7 Å². The van der Waals surface area contributed by atoms with Crippen LogP contribution in [0.3, 0.4) is 0 Å². The Morgan fingerprint density at radius 2 is 2.00 bits per heavy atom. The fourth-order valence-corrected chi connectivity index (χ4v) is 1.29. The third kappa shape index (κ3) is 4.95. The first-order valence-electron chi connectivity index (χ1n) is 6.13. The number of anilines is 1. The van der Waals surface area contributed by atoms with Gasteiger partial charge >= 0.3 is 12.0 Å². The molecule has 2 amide bonds.